The van der Waals surface area contributed by atoms with Gasteiger partial charge in [0.25, 0.3) is 0 Å². The van der Waals surface area contributed by atoms with Crippen molar-refractivity contribution in [3.63, 3.8) is 0 Å². The van der Waals surface area contributed by atoms with E-state index >= 15 is 0 Å². The van der Waals surface area contributed by atoms with Crippen molar-refractivity contribution in [3.8, 4) is 0 Å². The lowest BCUT2D eigenvalue weighted by Gasteiger charge is -2.21. The quantitative estimate of drug-likeness (QED) is 0.848. The standard InChI is InChI=1S/C21H27N3O/c1-4-17-10-16(15(3)21(17)7-8-21)12-22-19(25)11-18-13-23-20-14(2)6-5-9-24(18)20/h4-6,9,13,15-17H,1,7-8,10-12H2,2-3H3,(H,22,25)/t15?,16-,17?/m1/s1. The van der Waals surface area contributed by atoms with Crippen LogP contribution in [-0.4, -0.2) is 21.8 Å². The highest BCUT2D eigenvalue weighted by molar-refractivity contribution is 5.78. The van der Waals surface area contributed by atoms with Crippen LogP contribution in [0.2, 0.25) is 0 Å². The Morgan fingerprint density at radius 3 is 3.00 bits per heavy atom. The predicted octanol–water partition coefficient (Wildman–Crippen LogP) is 3.54. The minimum Gasteiger partial charge on any atom is -0.355 e. The first-order valence-electron chi connectivity index (χ1n) is 9.36. The lowest BCUT2D eigenvalue weighted by atomic mass is 9.85. The fourth-order valence-electron chi connectivity index (χ4n) is 4.94. The molecule has 2 aromatic rings. The van der Waals surface area contributed by atoms with E-state index in [9.17, 15) is 4.79 Å². The van der Waals surface area contributed by atoms with E-state index < -0.39 is 0 Å². The molecule has 1 amide bonds. The molecule has 3 atom stereocenters. The highest BCUT2D eigenvalue weighted by Gasteiger charge is 2.58. The molecular formula is C21H27N3O. The summed E-state index contributed by atoms with van der Waals surface area (Å²) in [6.07, 6.45) is 10.1. The van der Waals surface area contributed by atoms with Crippen LogP contribution in [0.4, 0.5) is 0 Å². The topological polar surface area (TPSA) is 46.4 Å². The van der Waals surface area contributed by atoms with Gasteiger partial charge in [-0.25, -0.2) is 4.98 Å². The van der Waals surface area contributed by atoms with Crippen molar-refractivity contribution in [2.45, 2.75) is 39.5 Å². The molecule has 25 heavy (non-hydrogen) atoms. The number of hydrogen-bond acceptors (Lipinski definition) is 2. The summed E-state index contributed by atoms with van der Waals surface area (Å²) in [4.78, 5) is 16.9. The van der Waals surface area contributed by atoms with E-state index in [0.717, 1.165) is 23.4 Å². The monoisotopic (exact) mass is 337 g/mol. The number of hydrogen-bond donors (Lipinski definition) is 1. The molecule has 0 saturated heterocycles. The number of imidazole rings is 1. The van der Waals surface area contributed by atoms with Gasteiger partial charge in [-0.1, -0.05) is 19.1 Å². The second kappa shape index (κ2) is 6.01. The number of carbonyl (C=O) groups excluding carboxylic acids is 1. The van der Waals surface area contributed by atoms with Gasteiger partial charge in [-0.3, -0.25) is 4.79 Å². The largest absolute Gasteiger partial charge is 0.355 e. The Labute approximate surface area is 149 Å². The van der Waals surface area contributed by atoms with Crippen LogP contribution in [0.3, 0.4) is 0 Å². The molecule has 2 fully saturated rings. The number of carbonyl (C=O) groups is 1. The molecule has 2 aliphatic rings. The van der Waals surface area contributed by atoms with E-state index in [2.05, 4.69) is 29.9 Å². The van der Waals surface area contributed by atoms with Crippen molar-refractivity contribution in [1.82, 2.24) is 14.7 Å². The summed E-state index contributed by atoms with van der Waals surface area (Å²) in [6, 6.07) is 4.04. The zero-order chi connectivity index (χ0) is 17.6. The van der Waals surface area contributed by atoms with Crippen molar-refractivity contribution in [2.24, 2.45) is 23.2 Å². The number of pyridine rings is 1. The van der Waals surface area contributed by atoms with Crippen molar-refractivity contribution >= 4 is 11.6 Å². The Morgan fingerprint density at radius 1 is 1.52 bits per heavy atom. The first-order chi connectivity index (χ1) is 12.0. The Hall–Kier alpha value is -2.10. The molecule has 2 saturated carbocycles. The predicted molar refractivity (Wildman–Crippen MR) is 99.3 cm³/mol. The Morgan fingerprint density at radius 2 is 2.32 bits per heavy atom. The summed E-state index contributed by atoms with van der Waals surface area (Å²) in [6.45, 7) is 9.21. The molecule has 4 nitrogen and oxygen atoms in total. The maximum Gasteiger partial charge on any atom is 0.226 e. The molecule has 1 N–H and O–H groups in total. The molecule has 4 heteroatoms. The number of fused-ring (bicyclic) bond motifs is 1. The van der Waals surface area contributed by atoms with E-state index in [1.54, 1.807) is 0 Å². The molecule has 4 rings (SSSR count). The molecule has 0 aromatic carbocycles. The smallest absolute Gasteiger partial charge is 0.226 e. The van der Waals surface area contributed by atoms with Gasteiger partial charge in [-0.2, -0.15) is 0 Å². The van der Waals surface area contributed by atoms with Crippen molar-refractivity contribution in [1.29, 1.82) is 0 Å². The van der Waals surface area contributed by atoms with Gasteiger partial charge in [0.2, 0.25) is 5.91 Å². The number of aromatic nitrogens is 2. The van der Waals surface area contributed by atoms with Gasteiger partial charge < -0.3 is 9.72 Å². The number of allylic oxidation sites excluding steroid dienone is 1. The molecule has 2 unspecified atom stereocenters. The van der Waals surface area contributed by atoms with E-state index in [4.69, 9.17) is 0 Å². The summed E-state index contributed by atoms with van der Waals surface area (Å²) in [5, 5.41) is 3.17. The van der Waals surface area contributed by atoms with Crippen molar-refractivity contribution < 1.29 is 4.79 Å². The van der Waals surface area contributed by atoms with Crippen LogP contribution in [-0.2, 0) is 11.2 Å². The number of nitrogens with one attached hydrogen (secondary N) is 1. The summed E-state index contributed by atoms with van der Waals surface area (Å²) >= 11 is 0. The summed E-state index contributed by atoms with van der Waals surface area (Å²) in [5.74, 6) is 1.96. The minimum absolute atomic E-state index is 0.0856. The Bertz CT molecular complexity index is 818. The van der Waals surface area contributed by atoms with Crippen LogP contribution in [0, 0.1) is 30.1 Å². The average molecular weight is 337 g/mol. The molecular weight excluding hydrogens is 310 g/mol. The van der Waals surface area contributed by atoms with E-state index in [1.165, 1.54) is 19.3 Å². The van der Waals surface area contributed by atoms with E-state index in [-0.39, 0.29) is 5.91 Å². The van der Waals surface area contributed by atoms with Crippen LogP contribution in [0.1, 0.15) is 37.4 Å². The minimum atomic E-state index is 0.0856. The molecule has 2 aromatic heterocycles. The van der Waals surface area contributed by atoms with Gasteiger partial charge in [0.05, 0.1) is 12.1 Å². The molecule has 0 aliphatic heterocycles. The van der Waals surface area contributed by atoms with E-state index in [0.29, 0.717) is 29.6 Å². The molecule has 0 radical (unpaired) electrons. The number of nitrogens with zero attached hydrogens (tertiary/aromatic N) is 2. The van der Waals surface area contributed by atoms with Crippen LogP contribution in [0.15, 0.2) is 37.2 Å². The van der Waals surface area contributed by atoms with Crippen LogP contribution < -0.4 is 5.32 Å². The Balaban J connectivity index is 1.38. The first-order valence-corrected chi connectivity index (χ1v) is 9.36. The van der Waals surface area contributed by atoms with Gasteiger partial charge in [0.15, 0.2) is 0 Å². The van der Waals surface area contributed by atoms with Crippen LogP contribution in [0.5, 0.6) is 0 Å². The first kappa shape index (κ1) is 16.4. The molecule has 0 bridgehead atoms. The fraction of sp³-hybridized carbons (Fsp3) is 0.524. The maximum absolute atomic E-state index is 12.5. The van der Waals surface area contributed by atoms with Crippen molar-refractivity contribution in [3.05, 3.63) is 48.4 Å². The second-order valence-corrected chi connectivity index (χ2v) is 7.98. The average Bonchev–Trinajstić information content (AvgIpc) is 3.23. The third-order valence-corrected chi connectivity index (χ3v) is 6.73. The summed E-state index contributed by atoms with van der Waals surface area (Å²) in [7, 11) is 0. The number of aryl methyl sites for hydroxylation is 1. The lowest BCUT2D eigenvalue weighted by Crippen LogP contribution is -2.32. The number of rotatable bonds is 5. The third-order valence-electron chi connectivity index (χ3n) is 6.73. The zero-order valence-electron chi connectivity index (χ0n) is 15.2. The molecule has 1 spiro atoms. The highest BCUT2D eigenvalue weighted by Crippen LogP contribution is 2.66. The van der Waals surface area contributed by atoms with Crippen molar-refractivity contribution in [2.75, 3.05) is 6.54 Å². The maximum atomic E-state index is 12.5. The van der Waals surface area contributed by atoms with E-state index in [1.807, 2.05) is 35.9 Å². The summed E-state index contributed by atoms with van der Waals surface area (Å²) in [5.41, 5.74) is 3.49. The van der Waals surface area contributed by atoms with Gasteiger partial charge in [0, 0.05) is 18.9 Å². The molecule has 2 aliphatic carbocycles. The normalized spacial score (nSPS) is 26.9. The van der Waals surface area contributed by atoms with Gasteiger partial charge in [-0.05, 0) is 61.0 Å². The lowest BCUT2D eigenvalue weighted by molar-refractivity contribution is -0.120. The zero-order valence-corrected chi connectivity index (χ0v) is 15.2. The van der Waals surface area contributed by atoms with Crippen LogP contribution >= 0.6 is 0 Å². The fourth-order valence-corrected chi connectivity index (χ4v) is 4.94. The SMILES string of the molecule is C=CC1C[C@H](CNC(=O)Cc2cnc3c(C)cccn23)C(C)C12CC2. The van der Waals surface area contributed by atoms with Gasteiger partial charge in [0.1, 0.15) is 5.65 Å². The summed E-state index contributed by atoms with van der Waals surface area (Å²) < 4.78 is 2.01. The highest BCUT2D eigenvalue weighted by atomic mass is 16.1. The van der Waals surface area contributed by atoms with Gasteiger partial charge in [-0.15, -0.1) is 6.58 Å². The third kappa shape index (κ3) is 2.68. The molecule has 2 heterocycles. The number of amides is 1. The second-order valence-electron chi connectivity index (χ2n) is 7.98. The molecule has 132 valence electrons. The Kier molecular flexibility index (Phi) is 3.94. The van der Waals surface area contributed by atoms with Gasteiger partial charge >= 0.3 is 0 Å². The van der Waals surface area contributed by atoms with Crippen LogP contribution in [0.25, 0.3) is 5.65 Å².